The molecule has 1 aliphatic rings. The predicted molar refractivity (Wildman–Crippen MR) is 137 cm³/mol. The minimum Gasteiger partial charge on any atom is -0.352 e. The lowest BCUT2D eigenvalue weighted by atomic mass is 10.1. The Morgan fingerprint density at radius 2 is 1.77 bits per heavy atom. The monoisotopic (exact) mass is 497 g/mol. The standard InChI is InChI=1S/C26H35N5O3S/c1-2-14-31-24-11-10-22(35(27,33)34)17-23(24)29-25(31)12-13-26(32)28-18-20-6-8-21(9-7-20)19-30-15-4-3-5-16-30/h6-11,17H,2-5,12-16,18-19H2,1H3,(H,28,32)(H2,27,33,34). The maximum atomic E-state index is 12.5. The maximum absolute atomic E-state index is 12.5. The SMILES string of the molecule is CCCn1c(CCC(=O)NCc2ccc(CN3CCCCC3)cc2)nc2cc(S(N)(=O)=O)ccc21. The van der Waals surface area contributed by atoms with E-state index < -0.39 is 10.0 Å². The number of amides is 1. The van der Waals surface area contributed by atoms with Crippen LogP contribution in [0.5, 0.6) is 0 Å². The van der Waals surface area contributed by atoms with Crippen molar-refractivity contribution < 1.29 is 13.2 Å². The van der Waals surface area contributed by atoms with Gasteiger partial charge in [-0.15, -0.1) is 0 Å². The molecule has 9 heteroatoms. The minimum atomic E-state index is -3.80. The van der Waals surface area contributed by atoms with Crippen molar-refractivity contribution in [2.45, 2.75) is 70.0 Å². The molecule has 1 saturated heterocycles. The summed E-state index contributed by atoms with van der Waals surface area (Å²) in [6, 6.07) is 13.2. The van der Waals surface area contributed by atoms with Crippen molar-refractivity contribution in [1.29, 1.82) is 0 Å². The van der Waals surface area contributed by atoms with Crippen LogP contribution in [-0.4, -0.2) is 41.9 Å². The molecular weight excluding hydrogens is 462 g/mol. The van der Waals surface area contributed by atoms with E-state index in [4.69, 9.17) is 5.14 Å². The van der Waals surface area contributed by atoms with E-state index >= 15 is 0 Å². The molecule has 0 saturated carbocycles. The molecule has 3 N–H and O–H groups in total. The summed E-state index contributed by atoms with van der Waals surface area (Å²) in [5.41, 5.74) is 3.81. The van der Waals surface area contributed by atoms with Gasteiger partial charge in [-0.1, -0.05) is 37.6 Å². The quantitative estimate of drug-likeness (QED) is 0.446. The number of fused-ring (bicyclic) bond motifs is 1. The summed E-state index contributed by atoms with van der Waals surface area (Å²) in [6.45, 7) is 6.65. The van der Waals surface area contributed by atoms with E-state index in [1.54, 1.807) is 6.07 Å². The van der Waals surface area contributed by atoms with Gasteiger partial charge >= 0.3 is 0 Å². The Bertz CT molecular complexity index is 1260. The summed E-state index contributed by atoms with van der Waals surface area (Å²) in [7, 11) is -3.80. The zero-order valence-corrected chi connectivity index (χ0v) is 21.2. The molecule has 0 atom stereocenters. The minimum absolute atomic E-state index is 0.0391. The summed E-state index contributed by atoms with van der Waals surface area (Å²) in [5, 5.41) is 8.27. The molecule has 0 aliphatic carbocycles. The van der Waals surface area contributed by atoms with Crippen LogP contribution in [0.1, 0.15) is 56.0 Å². The first-order chi connectivity index (χ1) is 16.8. The van der Waals surface area contributed by atoms with Crippen LogP contribution in [0.2, 0.25) is 0 Å². The van der Waals surface area contributed by atoms with E-state index in [0.29, 0.717) is 24.9 Å². The molecular formula is C26H35N5O3S. The average Bonchev–Trinajstić information content (AvgIpc) is 3.19. The number of benzene rings is 2. The van der Waals surface area contributed by atoms with E-state index in [-0.39, 0.29) is 10.8 Å². The zero-order valence-electron chi connectivity index (χ0n) is 20.4. The van der Waals surface area contributed by atoms with Crippen molar-refractivity contribution in [3.05, 3.63) is 59.4 Å². The van der Waals surface area contributed by atoms with Crippen LogP contribution >= 0.6 is 0 Å². The first-order valence-electron chi connectivity index (χ1n) is 12.4. The Balaban J connectivity index is 1.33. The van der Waals surface area contributed by atoms with Crippen LogP contribution in [0.15, 0.2) is 47.4 Å². The summed E-state index contributed by atoms with van der Waals surface area (Å²) in [6.07, 6.45) is 5.59. The molecule has 0 spiro atoms. The van der Waals surface area contributed by atoms with Crippen molar-refractivity contribution in [3.63, 3.8) is 0 Å². The summed E-state index contributed by atoms with van der Waals surface area (Å²) in [4.78, 5) is 19.7. The number of rotatable bonds is 10. The van der Waals surface area contributed by atoms with Crippen LogP contribution in [0.4, 0.5) is 0 Å². The highest BCUT2D eigenvalue weighted by atomic mass is 32.2. The molecule has 3 aromatic rings. The number of nitrogens with zero attached hydrogens (tertiary/aromatic N) is 3. The number of hydrogen-bond donors (Lipinski definition) is 2. The summed E-state index contributed by atoms with van der Waals surface area (Å²) < 4.78 is 25.4. The van der Waals surface area contributed by atoms with Crippen molar-refractivity contribution in [1.82, 2.24) is 19.8 Å². The van der Waals surface area contributed by atoms with Crippen LogP contribution in [0, 0.1) is 0 Å². The van der Waals surface area contributed by atoms with Crippen molar-refractivity contribution >= 4 is 27.0 Å². The summed E-state index contributed by atoms with van der Waals surface area (Å²) in [5.74, 6) is 0.730. The molecule has 0 bridgehead atoms. The molecule has 4 rings (SSSR count). The fourth-order valence-electron chi connectivity index (χ4n) is 4.65. The second-order valence-electron chi connectivity index (χ2n) is 9.31. The Labute approximate surface area is 207 Å². The Hall–Kier alpha value is -2.75. The first kappa shape index (κ1) is 25.3. The van der Waals surface area contributed by atoms with Gasteiger partial charge in [0.15, 0.2) is 0 Å². The number of nitrogens with two attached hydrogens (primary N) is 1. The third-order valence-electron chi connectivity index (χ3n) is 6.52. The van der Waals surface area contributed by atoms with Gasteiger partial charge in [0, 0.05) is 32.5 Å². The number of aryl methyl sites for hydroxylation is 2. The fraction of sp³-hybridized carbons (Fsp3) is 0.462. The maximum Gasteiger partial charge on any atom is 0.238 e. The molecule has 1 amide bonds. The van der Waals surface area contributed by atoms with Gasteiger partial charge in [-0.05, 0) is 61.7 Å². The van der Waals surface area contributed by atoms with Crippen LogP contribution < -0.4 is 10.5 Å². The van der Waals surface area contributed by atoms with Gasteiger partial charge in [-0.3, -0.25) is 9.69 Å². The molecule has 8 nitrogen and oxygen atoms in total. The van der Waals surface area contributed by atoms with Gasteiger partial charge in [0.1, 0.15) is 5.82 Å². The third-order valence-corrected chi connectivity index (χ3v) is 7.43. The highest BCUT2D eigenvalue weighted by Gasteiger charge is 2.16. The molecule has 35 heavy (non-hydrogen) atoms. The van der Waals surface area contributed by atoms with Crippen LogP contribution in [0.3, 0.4) is 0 Å². The van der Waals surface area contributed by atoms with E-state index in [1.807, 2.05) is 0 Å². The number of carbonyl (C=O) groups is 1. The van der Waals surface area contributed by atoms with Crippen LogP contribution in [0.25, 0.3) is 11.0 Å². The topological polar surface area (TPSA) is 110 Å². The van der Waals surface area contributed by atoms with Crippen molar-refractivity contribution in [2.75, 3.05) is 13.1 Å². The number of aromatic nitrogens is 2. The van der Waals surface area contributed by atoms with Gasteiger partial charge in [-0.2, -0.15) is 0 Å². The Morgan fingerprint density at radius 3 is 2.46 bits per heavy atom. The Morgan fingerprint density at radius 1 is 1.06 bits per heavy atom. The lowest BCUT2D eigenvalue weighted by Gasteiger charge is -2.26. The number of imidazole rings is 1. The van der Waals surface area contributed by atoms with Gasteiger partial charge in [0.05, 0.1) is 15.9 Å². The fourth-order valence-corrected chi connectivity index (χ4v) is 5.19. The molecule has 0 radical (unpaired) electrons. The second kappa shape index (κ2) is 11.3. The lowest BCUT2D eigenvalue weighted by molar-refractivity contribution is -0.121. The number of primary sulfonamides is 1. The van der Waals surface area contributed by atoms with Crippen molar-refractivity contribution in [2.24, 2.45) is 5.14 Å². The van der Waals surface area contributed by atoms with E-state index in [1.165, 1.54) is 50.0 Å². The molecule has 1 aliphatic heterocycles. The molecule has 188 valence electrons. The van der Waals surface area contributed by atoms with Gasteiger partial charge in [-0.25, -0.2) is 18.5 Å². The normalized spacial score (nSPS) is 14.9. The van der Waals surface area contributed by atoms with Gasteiger partial charge in [0.2, 0.25) is 15.9 Å². The predicted octanol–water partition coefficient (Wildman–Crippen LogP) is 3.33. The molecule has 2 aromatic carbocycles. The molecule has 1 aromatic heterocycles. The number of carbonyl (C=O) groups excluding carboxylic acids is 1. The largest absolute Gasteiger partial charge is 0.352 e. The number of piperidine rings is 1. The lowest BCUT2D eigenvalue weighted by Crippen LogP contribution is -2.29. The van der Waals surface area contributed by atoms with E-state index in [9.17, 15) is 13.2 Å². The Kier molecular flexibility index (Phi) is 8.20. The molecule has 2 heterocycles. The van der Waals surface area contributed by atoms with Gasteiger partial charge < -0.3 is 9.88 Å². The van der Waals surface area contributed by atoms with E-state index in [0.717, 1.165) is 36.4 Å². The van der Waals surface area contributed by atoms with Crippen LogP contribution in [-0.2, 0) is 40.9 Å². The third kappa shape index (κ3) is 6.68. The van der Waals surface area contributed by atoms with Crippen molar-refractivity contribution in [3.8, 4) is 0 Å². The highest BCUT2D eigenvalue weighted by molar-refractivity contribution is 7.89. The molecule has 1 fully saturated rings. The number of sulfonamides is 1. The molecule has 0 unspecified atom stereocenters. The highest BCUT2D eigenvalue weighted by Crippen LogP contribution is 2.21. The summed E-state index contributed by atoms with van der Waals surface area (Å²) >= 11 is 0. The number of hydrogen-bond acceptors (Lipinski definition) is 5. The number of nitrogens with one attached hydrogen (secondary N) is 1. The first-order valence-corrected chi connectivity index (χ1v) is 14.0. The van der Waals surface area contributed by atoms with Gasteiger partial charge in [0.25, 0.3) is 0 Å². The number of likely N-dealkylation sites (tertiary alicyclic amines) is 1. The van der Waals surface area contributed by atoms with E-state index in [2.05, 4.69) is 51.0 Å². The zero-order chi connectivity index (χ0) is 24.8. The second-order valence-corrected chi connectivity index (χ2v) is 10.9. The average molecular weight is 498 g/mol. The smallest absolute Gasteiger partial charge is 0.238 e.